The number of hydrogen-bond acceptors (Lipinski definition) is 1. The molecular weight excluding hydrogens is 448 g/mol. The second-order valence-corrected chi connectivity index (χ2v) is 0.612. The standard InChI is InChI=1S/C2H4O.17C2H4/c1-2-3-1;17*1-2/h1-2H2;17*1-2H2. The van der Waals surface area contributed by atoms with E-state index in [2.05, 4.69) is 228 Å². The van der Waals surface area contributed by atoms with E-state index < -0.39 is 0 Å². The lowest BCUT2D eigenvalue weighted by Crippen LogP contribution is -1.20. The first-order valence-corrected chi connectivity index (χ1v) is 9.58. The minimum absolute atomic E-state index is 1.00. The van der Waals surface area contributed by atoms with Gasteiger partial charge < -0.3 is 4.74 Å². The molecule has 222 valence electrons. The van der Waals surface area contributed by atoms with Crippen LogP contribution in [0.15, 0.2) is 224 Å². The van der Waals surface area contributed by atoms with E-state index in [9.17, 15) is 0 Å². The predicted octanol–water partition coefficient (Wildman–Crippen LogP) is 13.7. The van der Waals surface area contributed by atoms with Crippen molar-refractivity contribution < 1.29 is 4.74 Å². The topological polar surface area (TPSA) is 12.5 Å². The van der Waals surface area contributed by atoms with Gasteiger partial charge in [0.2, 0.25) is 0 Å². The van der Waals surface area contributed by atoms with Gasteiger partial charge in [-0.25, -0.2) is 0 Å². The van der Waals surface area contributed by atoms with E-state index in [0.717, 1.165) is 13.2 Å². The van der Waals surface area contributed by atoms with Crippen LogP contribution >= 0.6 is 0 Å². The maximum absolute atomic E-state index is 4.50. The first-order chi connectivity index (χ1) is 18.5. The van der Waals surface area contributed by atoms with E-state index in [0.29, 0.717) is 0 Å². The summed E-state index contributed by atoms with van der Waals surface area (Å²) in [6.45, 7) is 104. The van der Waals surface area contributed by atoms with Crippen LogP contribution < -0.4 is 0 Å². The fourth-order valence-corrected chi connectivity index (χ4v) is 0. The van der Waals surface area contributed by atoms with Gasteiger partial charge in [-0.2, -0.15) is 0 Å². The molecule has 0 spiro atoms. The summed E-state index contributed by atoms with van der Waals surface area (Å²) in [6, 6.07) is 0. The van der Waals surface area contributed by atoms with Gasteiger partial charge in [0.1, 0.15) is 0 Å². The Morgan fingerprint density at radius 3 is 0.189 bits per heavy atom. The second kappa shape index (κ2) is 13800. The lowest BCUT2D eigenvalue weighted by atomic mass is 11.0. The molecule has 1 aliphatic heterocycles. The molecule has 0 unspecified atom stereocenters. The molecule has 0 radical (unpaired) electrons. The van der Waals surface area contributed by atoms with Gasteiger partial charge in [0.15, 0.2) is 0 Å². The van der Waals surface area contributed by atoms with Crippen LogP contribution in [-0.4, -0.2) is 13.2 Å². The second-order valence-electron chi connectivity index (χ2n) is 0.612. The lowest BCUT2D eigenvalue weighted by molar-refractivity contribution is 0.475. The molecule has 1 saturated heterocycles. The van der Waals surface area contributed by atoms with Gasteiger partial charge in [-0.1, -0.05) is 0 Å². The zero-order valence-electron chi connectivity index (χ0n) is 25.9. The first-order valence-electron chi connectivity index (χ1n) is 9.58. The van der Waals surface area contributed by atoms with Crippen LogP contribution in [0.2, 0.25) is 0 Å². The maximum atomic E-state index is 4.50. The van der Waals surface area contributed by atoms with E-state index in [1.165, 1.54) is 0 Å². The maximum Gasteiger partial charge on any atom is 0.0701 e. The molecule has 0 saturated carbocycles. The monoisotopic (exact) mass is 521 g/mol. The Morgan fingerprint density at radius 2 is 0.189 bits per heavy atom. The Kier molecular flexibility index (Phi) is 50000. The normalized spacial score (nSPS) is 3.78. The van der Waals surface area contributed by atoms with Crippen molar-refractivity contribution >= 4 is 0 Å². The summed E-state index contributed by atoms with van der Waals surface area (Å²) in [7, 11) is 0. The largest absolute Gasteiger partial charge is 0.377 e. The summed E-state index contributed by atoms with van der Waals surface area (Å²) in [5.74, 6) is 0. The van der Waals surface area contributed by atoms with E-state index in [4.69, 9.17) is 0 Å². The molecule has 0 aromatic heterocycles. The third-order valence-corrected chi connectivity index (χ3v) is 0.204. The zero-order chi connectivity index (χ0) is 36.1. The number of rotatable bonds is 0. The molecule has 0 aromatic rings. The summed E-state index contributed by atoms with van der Waals surface area (Å²) in [6.07, 6.45) is 0. The summed E-state index contributed by atoms with van der Waals surface area (Å²) < 4.78 is 4.50. The summed E-state index contributed by atoms with van der Waals surface area (Å²) >= 11 is 0. The lowest BCUT2D eigenvalue weighted by Gasteiger charge is -1.24. The highest BCUT2D eigenvalue weighted by molar-refractivity contribution is 4.36. The molecule has 1 heteroatoms. The molecule has 0 aromatic carbocycles. The van der Waals surface area contributed by atoms with Crippen LogP contribution in [0.4, 0.5) is 0 Å². The third kappa shape index (κ3) is 2300. The van der Waals surface area contributed by atoms with Crippen molar-refractivity contribution in [1.82, 2.24) is 0 Å². The fraction of sp³-hybridized carbons (Fsp3) is 0.0556. The molecule has 1 aliphatic rings. The SMILES string of the molecule is C1CO1.C=C.C=C.C=C.C=C.C=C.C=C.C=C.C=C.C=C.C=C.C=C.C=C.C=C.C=C.C=C.C=C.C=C. The Balaban J connectivity index is -0.00000000765. The minimum atomic E-state index is 1.00. The quantitative estimate of drug-likeness (QED) is 0.228. The van der Waals surface area contributed by atoms with Crippen LogP contribution in [0.25, 0.3) is 0 Å². The Bertz CT molecular complexity index is 105. The molecule has 0 bridgehead atoms. The zero-order valence-corrected chi connectivity index (χ0v) is 25.9. The highest BCUT2D eigenvalue weighted by Gasteiger charge is 1.94. The van der Waals surface area contributed by atoms with Crippen LogP contribution in [-0.2, 0) is 4.74 Å². The van der Waals surface area contributed by atoms with Crippen LogP contribution in [0.1, 0.15) is 0 Å². The van der Waals surface area contributed by atoms with Gasteiger partial charge >= 0.3 is 0 Å². The Labute approximate surface area is 241 Å². The average molecular weight is 521 g/mol. The molecule has 0 atom stereocenters. The molecule has 0 aliphatic carbocycles. The van der Waals surface area contributed by atoms with Crippen molar-refractivity contribution in [2.45, 2.75) is 0 Å². The molecule has 0 amide bonds. The molecule has 1 nitrogen and oxygen atoms in total. The van der Waals surface area contributed by atoms with E-state index in [1.54, 1.807) is 0 Å². The molecule has 0 N–H and O–H groups in total. The fourth-order valence-electron chi connectivity index (χ4n) is 0. The van der Waals surface area contributed by atoms with Crippen LogP contribution in [0.5, 0.6) is 0 Å². The predicted molar refractivity (Wildman–Crippen MR) is 202 cm³/mol. The number of ether oxygens (including phenoxy) is 1. The molecule has 37 heavy (non-hydrogen) atoms. The molecular formula is C36H72O. The van der Waals surface area contributed by atoms with Crippen molar-refractivity contribution in [1.29, 1.82) is 0 Å². The van der Waals surface area contributed by atoms with Crippen molar-refractivity contribution in [3.05, 3.63) is 224 Å². The van der Waals surface area contributed by atoms with Crippen molar-refractivity contribution in [3.63, 3.8) is 0 Å². The van der Waals surface area contributed by atoms with Crippen LogP contribution in [0.3, 0.4) is 0 Å². The van der Waals surface area contributed by atoms with Crippen molar-refractivity contribution in [2.75, 3.05) is 13.2 Å². The van der Waals surface area contributed by atoms with Crippen molar-refractivity contribution in [2.24, 2.45) is 0 Å². The van der Waals surface area contributed by atoms with Crippen molar-refractivity contribution in [3.8, 4) is 0 Å². The first kappa shape index (κ1) is 134. The van der Waals surface area contributed by atoms with Gasteiger partial charge in [-0.3, -0.25) is 0 Å². The van der Waals surface area contributed by atoms with Gasteiger partial charge in [-0.15, -0.1) is 224 Å². The Morgan fingerprint density at radius 1 is 0.162 bits per heavy atom. The van der Waals surface area contributed by atoms with Gasteiger partial charge in [0.05, 0.1) is 13.2 Å². The highest BCUT2D eigenvalue weighted by atomic mass is 16.6. The van der Waals surface area contributed by atoms with Crippen LogP contribution in [0, 0.1) is 0 Å². The molecule has 1 fully saturated rings. The van der Waals surface area contributed by atoms with Gasteiger partial charge in [-0.05, 0) is 0 Å². The molecule has 1 rings (SSSR count). The minimum Gasteiger partial charge on any atom is -0.377 e. The van der Waals surface area contributed by atoms with E-state index in [1.807, 2.05) is 0 Å². The summed E-state index contributed by atoms with van der Waals surface area (Å²) in [5, 5.41) is 0. The van der Waals surface area contributed by atoms with E-state index in [-0.39, 0.29) is 0 Å². The van der Waals surface area contributed by atoms with E-state index >= 15 is 0 Å². The highest BCUT2D eigenvalue weighted by Crippen LogP contribution is 1.84. The van der Waals surface area contributed by atoms with Gasteiger partial charge in [0.25, 0.3) is 0 Å². The molecule has 1 heterocycles. The average Bonchev–Trinajstić information content (AvgIpc) is 4.03. The smallest absolute Gasteiger partial charge is 0.0701 e. The summed E-state index contributed by atoms with van der Waals surface area (Å²) in [4.78, 5) is 0. The van der Waals surface area contributed by atoms with Gasteiger partial charge in [0, 0.05) is 0 Å². The third-order valence-electron chi connectivity index (χ3n) is 0.204. The number of hydrogen-bond donors (Lipinski definition) is 0. The Hall–Kier alpha value is -4.46. The number of epoxide rings is 1. The summed E-state index contributed by atoms with van der Waals surface area (Å²) in [5.41, 5.74) is 0.